The number of ether oxygens (including phenoxy) is 1. The van der Waals surface area contributed by atoms with E-state index in [9.17, 15) is 0 Å². The molecule has 2 heteroatoms. The van der Waals surface area contributed by atoms with Crippen molar-refractivity contribution in [3.05, 3.63) is 35.5 Å². The number of hydrogen-bond donors (Lipinski definition) is 0. The maximum atomic E-state index is 5.78. The van der Waals surface area contributed by atoms with Crippen LogP contribution in [0.5, 0.6) is 5.75 Å². The molecule has 2 heterocycles. The molecule has 0 spiro atoms. The van der Waals surface area contributed by atoms with Crippen LogP contribution in [0, 0.1) is 0 Å². The standard InChI is InChI=1S/C14H15NO/c1-2-10-5-6-12-13-11(4-3-9-16-12)7-8-15-14(10)13/h5-8H,2-4,9H2,1H3. The number of aromatic nitrogens is 1. The zero-order chi connectivity index (χ0) is 11.0. The topological polar surface area (TPSA) is 22.1 Å². The second kappa shape index (κ2) is 3.78. The van der Waals surface area contributed by atoms with Crippen molar-refractivity contribution in [3.63, 3.8) is 0 Å². The van der Waals surface area contributed by atoms with E-state index in [0.29, 0.717) is 0 Å². The molecule has 0 saturated carbocycles. The Balaban J connectivity index is 2.39. The van der Waals surface area contributed by atoms with Gasteiger partial charge in [0.1, 0.15) is 5.75 Å². The Morgan fingerprint density at radius 1 is 1.31 bits per heavy atom. The van der Waals surface area contributed by atoms with E-state index in [0.717, 1.165) is 37.1 Å². The molecule has 1 aromatic heterocycles. The molecule has 0 radical (unpaired) electrons. The average molecular weight is 213 g/mol. The fraction of sp³-hybridized carbons (Fsp3) is 0.357. The third-order valence-electron chi connectivity index (χ3n) is 3.25. The molecule has 0 N–H and O–H groups in total. The highest BCUT2D eigenvalue weighted by molar-refractivity contribution is 5.91. The number of rotatable bonds is 1. The summed E-state index contributed by atoms with van der Waals surface area (Å²) >= 11 is 0. The van der Waals surface area contributed by atoms with Gasteiger partial charge in [0, 0.05) is 11.6 Å². The molecule has 0 fully saturated rings. The first-order chi connectivity index (χ1) is 7.90. The lowest BCUT2D eigenvalue weighted by Gasteiger charge is -2.10. The summed E-state index contributed by atoms with van der Waals surface area (Å²) in [6, 6.07) is 6.36. The molecular formula is C14H15NO. The van der Waals surface area contributed by atoms with Crippen LogP contribution in [0.2, 0.25) is 0 Å². The highest BCUT2D eigenvalue weighted by Gasteiger charge is 2.14. The molecule has 82 valence electrons. The molecule has 0 bridgehead atoms. The van der Waals surface area contributed by atoms with E-state index in [4.69, 9.17) is 4.74 Å². The minimum absolute atomic E-state index is 0.815. The first-order valence-electron chi connectivity index (χ1n) is 5.92. The van der Waals surface area contributed by atoms with Crippen molar-refractivity contribution in [3.8, 4) is 5.75 Å². The van der Waals surface area contributed by atoms with E-state index in [-0.39, 0.29) is 0 Å². The zero-order valence-electron chi connectivity index (χ0n) is 9.49. The SMILES string of the molecule is CCc1ccc2c3c(ccnc13)CCCO2. The average Bonchev–Trinajstić information content (AvgIpc) is 2.54. The fourth-order valence-corrected chi connectivity index (χ4v) is 2.42. The van der Waals surface area contributed by atoms with E-state index in [1.807, 2.05) is 6.20 Å². The number of nitrogens with zero attached hydrogens (tertiary/aromatic N) is 1. The number of aryl methyl sites for hydroxylation is 2. The molecule has 0 aliphatic carbocycles. The van der Waals surface area contributed by atoms with Gasteiger partial charge in [-0.2, -0.15) is 0 Å². The van der Waals surface area contributed by atoms with Crippen molar-refractivity contribution in [2.75, 3.05) is 6.61 Å². The summed E-state index contributed by atoms with van der Waals surface area (Å²) < 4.78 is 5.78. The molecule has 0 atom stereocenters. The summed E-state index contributed by atoms with van der Waals surface area (Å²) in [6.45, 7) is 2.98. The van der Waals surface area contributed by atoms with Gasteiger partial charge in [-0.05, 0) is 42.5 Å². The molecule has 1 aromatic carbocycles. The predicted octanol–water partition coefficient (Wildman–Crippen LogP) is 3.12. The van der Waals surface area contributed by atoms with E-state index in [1.165, 1.54) is 16.5 Å². The van der Waals surface area contributed by atoms with Gasteiger partial charge in [-0.25, -0.2) is 0 Å². The Bertz CT molecular complexity index is 521. The van der Waals surface area contributed by atoms with Crippen LogP contribution < -0.4 is 4.74 Å². The van der Waals surface area contributed by atoms with Crippen LogP contribution >= 0.6 is 0 Å². The van der Waals surface area contributed by atoms with Gasteiger partial charge >= 0.3 is 0 Å². The van der Waals surface area contributed by atoms with Crippen molar-refractivity contribution in [2.24, 2.45) is 0 Å². The summed E-state index contributed by atoms with van der Waals surface area (Å²) in [5, 5.41) is 1.24. The molecule has 0 unspecified atom stereocenters. The van der Waals surface area contributed by atoms with Crippen LogP contribution in [-0.4, -0.2) is 11.6 Å². The summed E-state index contributed by atoms with van der Waals surface area (Å²) in [7, 11) is 0. The van der Waals surface area contributed by atoms with Gasteiger partial charge in [-0.15, -0.1) is 0 Å². The van der Waals surface area contributed by atoms with Gasteiger partial charge in [-0.3, -0.25) is 4.98 Å². The van der Waals surface area contributed by atoms with E-state index >= 15 is 0 Å². The second-order valence-electron chi connectivity index (χ2n) is 4.22. The Labute approximate surface area is 95.3 Å². The van der Waals surface area contributed by atoms with Gasteiger partial charge < -0.3 is 4.74 Å². The molecule has 2 nitrogen and oxygen atoms in total. The first-order valence-corrected chi connectivity index (χ1v) is 5.92. The van der Waals surface area contributed by atoms with Crippen LogP contribution in [0.3, 0.4) is 0 Å². The van der Waals surface area contributed by atoms with Gasteiger partial charge in [0.15, 0.2) is 0 Å². The van der Waals surface area contributed by atoms with Gasteiger partial charge in [0.2, 0.25) is 0 Å². The third kappa shape index (κ3) is 1.37. The lowest BCUT2D eigenvalue weighted by Crippen LogP contribution is -1.95. The zero-order valence-corrected chi connectivity index (χ0v) is 9.49. The maximum absolute atomic E-state index is 5.78. The largest absolute Gasteiger partial charge is 0.493 e. The third-order valence-corrected chi connectivity index (χ3v) is 3.25. The van der Waals surface area contributed by atoms with Crippen molar-refractivity contribution in [1.29, 1.82) is 0 Å². The van der Waals surface area contributed by atoms with Gasteiger partial charge in [-0.1, -0.05) is 13.0 Å². The molecule has 0 amide bonds. The van der Waals surface area contributed by atoms with Crippen LogP contribution in [0.25, 0.3) is 10.9 Å². The Morgan fingerprint density at radius 3 is 3.12 bits per heavy atom. The predicted molar refractivity (Wildman–Crippen MR) is 64.9 cm³/mol. The van der Waals surface area contributed by atoms with Gasteiger partial charge in [0.05, 0.1) is 12.1 Å². The lowest BCUT2D eigenvalue weighted by molar-refractivity contribution is 0.319. The van der Waals surface area contributed by atoms with Crippen molar-refractivity contribution >= 4 is 10.9 Å². The van der Waals surface area contributed by atoms with Gasteiger partial charge in [0.25, 0.3) is 0 Å². The monoisotopic (exact) mass is 213 g/mol. The molecular weight excluding hydrogens is 198 g/mol. The molecule has 3 rings (SSSR count). The summed E-state index contributed by atoms with van der Waals surface area (Å²) in [5.41, 5.74) is 3.82. The molecule has 2 aromatic rings. The number of hydrogen-bond acceptors (Lipinski definition) is 2. The molecule has 1 aliphatic rings. The Kier molecular flexibility index (Phi) is 2.28. The minimum Gasteiger partial charge on any atom is -0.493 e. The highest BCUT2D eigenvalue weighted by Crippen LogP contribution is 2.33. The normalized spacial score (nSPS) is 14.6. The van der Waals surface area contributed by atoms with E-state index in [2.05, 4.69) is 30.1 Å². The van der Waals surface area contributed by atoms with Crippen LogP contribution in [0.1, 0.15) is 24.5 Å². The van der Waals surface area contributed by atoms with Crippen molar-refractivity contribution in [2.45, 2.75) is 26.2 Å². The van der Waals surface area contributed by atoms with E-state index in [1.54, 1.807) is 0 Å². The lowest BCUT2D eigenvalue weighted by atomic mass is 10.0. The van der Waals surface area contributed by atoms with E-state index < -0.39 is 0 Å². The molecule has 16 heavy (non-hydrogen) atoms. The molecule has 1 aliphatic heterocycles. The maximum Gasteiger partial charge on any atom is 0.128 e. The van der Waals surface area contributed by atoms with Crippen LogP contribution in [-0.2, 0) is 12.8 Å². The highest BCUT2D eigenvalue weighted by atomic mass is 16.5. The van der Waals surface area contributed by atoms with Crippen LogP contribution in [0.15, 0.2) is 24.4 Å². The number of benzene rings is 1. The first kappa shape index (κ1) is 9.64. The quantitative estimate of drug-likeness (QED) is 0.726. The second-order valence-corrected chi connectivity index (χ2v) is 4.22. The molecule has 0 saturated heterocycles. The van der Waals surface area contributed by atoms with Crippen molar-refractivity contribution in [1.82, 2.24) is 4.98 Å². The summed E-state index contributed by atoms with van der Waals surface area (Å²) in [5.74, 6) is 1.01. The summed E-state index contributed by atoms with van der Waals surface area (Å²) in [4.78, 5) is 4.52. The Hall–Kier alpha value is -1.57. The Morgan fingerprint density at radius 2 is 2.25 bits per heavy atom. The minimum atomic E-state index is 0.815. The summed E-state index contributed by atoms with van der Waals surface area (Å²) in [6.07, 6.45) is 5.13. The number of pyridine rings is 1. The fourth-order valence-electron chi connectivity index (χ4n) is 2.42. The van der Waals surface area contributed by atoms with Crippen LogP contribution in [0.4, 0.5) is 0 Å². The van der Waals surface area contributed by atoms with Crippen molar-refractivity contribution < 1.29 is 4.74 Å². The smallest absolute Gasteiger partial charge is 0.128 e.